The van der Waals surface area contributed by atoms with E-state index in [0.717, 1.165) is 11.3 Å². The maximum Gasteiger partial charge on any atom is 0.401 e. The number of piperazine rings is 1. The van der Waals surface area contributed by atoms with Crippen molar-refractivity contribution in [1.82, 2.24) is 24.9 Å². The van der Waals surface area contributed by atoms with Crippen LogP contribution in [0.5, 0.6) is 0 Å². The van der Waals surface area contributed by atoms with Gasteiger partial charge < -0.3 is 10.2 Å². The van der Waals surface area contributed by atoms with Crippen molar-refractivity contribution in [3.8, 4) is 0 Å². The van der Waals surface area contributed by atoms with Crippen molar-refractivity contribution < 1.29 is 18.0 Å². The average Bonchev–Trinajstić information content (AvgIpc) is 2.80. The van der Waals surface area contributed by atoms with Gasteiger partial charge in [-0.15, -0.1) is 0 Å². The molecule has 0 spiro atoms. The van der Waals surface area contributed by atoms with Gasteiger partial charge in [-0.25, -0.2) is 4.79 Å². The summed E-state index contributed by atoms with van der Waals surface area (Å²) in [6.07, 6.45) is -1.76. The molecule has 136 valence electrons. The van der Waals surface area contributed by atoms with Crippen LogP contribution >= 0.6 is 0 Å². The number of carbonyl (C=O) groups excluding carboxylic acids is 1. The number of nitrogens with zero attached hydrogens (tertiary/aromatic N) is 4. The Balaban J connectivity index is 1.77. The molecule has 1 unspecified atom stereocenters. The van der Waals surface area contributed by atoms with E-state index in [1.165, 1.54) is 4.90 Å². The third-order valence-corrected chi connectivity index (χ3v) is 4.44. The van der Waals surface area contributed by atoms with Crippen LogP contribution in [-0.2, 0) is 13.5 Å². The molecule has 1 N–H and O–H groups in total. The molecule has 0 radical (unpaired) electrons. The Morgan fingerprint density at radius 2 is 2.12 bits per heavy atom. The molecule has 1 aliphatic heterocycles. The number of hydrogen-bond acceptors (Lipinski definition) is 3. The highest BCUT2D eigenvalue weighted by Gasteiger charge is 2.35. The summed E-state index contributed by atoms with van der Waals surface area (Å²) >= 11 is 0. The number of hydrogen-bond donors (Lipinski definition) is 1. The van der Waals surface area contributed by atoms with Crippen molar-refractivity contribution in [2.45, 2.75) is 32.5 Å². The molecule has 2 rings (SSSR count). The SMILES string of the molecule is Cc1c(CCNC(=O)N2CCN(CC(F)(F)F)C(C)C2)cnn1C. The van der Waals surface area contributed by atoms with Gasteiger partial charge in [-0.3, -0.25) is 9.58 Å². The predicted molar refractivity (Wildman–Crippen MR) is 83.7 cm³/mol. The summed E-state index contributed by atoms with van der Waals surface area (Å²) in [5.41, 5.74) is 2.12. The minimum atomic E-state index is -4.21. The highest BCUT2D eigenvalue weighted by molar-refractivity contribution is 5.74. The second kappa shape index (κ2) is 7.42. The molecule has 1 atom stereocenters. The van der Waals surface area contributed by atoms with Crippen molar-refractivity contribution in [3.05, 3.63) is 17.5 Å². The summed E-state index contributed by atoms with van der Waals surface area (Å²) in [4.78, 5) is 15.1. The molecular formula is C15H24F3N5O. The second-order valence-electron chi connectivity index (χ2n) is 6.24. The summed E-state index contributed by atoms with van der Waals surface area (Å²) in [7, 11) is 1.86. The molecular weight excluding hydrogens is 323 g/mol. The van der Waals surface area contributed by atoms with Crippen LogP contribution in [0.25, 0.3) is 0 Å². The number of halogens is 3. The molecule has 2 heterocycles. The maximum absolute atomic E-state index is 12.5. The van der Waals surface area contributed by atoms with E-state index in [1.54, 1.807) is 22.7 Å². The smallest absolute Gasteiger partial charge is 0.338 e. The van der Waals surface area contributed by atoms with E-state index >= 15 is 0 Å². The van der Waals surface area contributed by atoms with Crippen LogP contribution < -0.4 is 5.32 Å². The van der Waals surface area contributed by atoms with Crippen LogP contribution in [-0.4, -0.2) is 70.6 Å². The first kappa shape index (κ1) is 18.6. The van der Waals surface area contributed by atoms with Gasteiger partial charge in [-0.05, 0) is 25.8 Å². The molecule has 1 saturated heterocycles. The van der Waals surface area contributed by atoms with Crippen LogP contribution in [0.15, 0.2) is 6.20 Å². The Morgan fingerprint density at radius 1 is 1.42 bits per heavy atom. The Labute approximate surface area is 139 Å². The van der Waals surface area contributed by atoms with Crippen molar-refractivity contribution in [2.75, 3.05) is 32.7 Å². The topological polar surface area (TPSA) is 53.4 Å². The van der Waals surface area contributed by atoms with E-state index in [9.17, 15) is 18.0 Å². The van der Waals surface area contributed by atoms with Gasteiger partial charge >= 0.3 is 12.2 Å². The van der Waals surface area contributed by atoms with Crippen LogP contribution in [0.3, 0.4) is 0 Å². The summed E-state index contributed by atoms with van der Waals surface area (Å²) in [6, 6.07) is -0.540. The Morgan fingerprint density at radius 3 is 2.67 bits per heavy atom. The van der Waals surface area contributed by atoms with Crippen molar-refractivity contribution >= 4 is 6.03 Å². The standard InChI is InChI=1S/C15H24F3N5O/c1-11-9-22(6-7-23(11)10-15(16,17)18)14(24)19-5-4-13-8-20-21(3)12(13)2/h8,11H,4-7,9-10H2,1-3H3,(H,19,24). The van der Waals surface area contributed by atoms with Crippen LogP contribution in [0.2, 0.25) is 0 Å². The fraction of sp³-hybridized carbons (Fsp3) is 0.733. The molecule has 9 heteroatoms. The third kappa shape index (κ3) is 4.86. The van der Waals surface area contributed by atoms with Crippen molar-refractivity contribution in [1.29, 1.82) is 0 Å². The van der Waals surface area contributed by atoms with Crippen molar-refractivity contribution in [3.63, 3.8) is 0 Å². The number of aromatic nitrogens is 2. The van der Waals surface area contributed by atoms with E-state index < -0.39 is 12.7 Å². The van der Waals surface area contributed by atoms with Gasteiger partial charge in [-0.1, -0.05) is 0 Å². The van der Waals surface area contributed by atoms with Gasteiger partial charge in [0.15, 0.2) is 0 Å². The summed E-state index contributed by atoms with van der Waals surface area (Å²) in [5, 5.41) is 6.98. The molecule has 1 aliphatic rings. The quantitative estimate of drug-likeness (QED) is 0.899. The number of urea groups is 1. The number of rotatable bonds is 4. The molecule has 0 aliphatic carbocycles. The zero-order chi connectivity index (χ0) is 17.9. The van der Waals surface area contributed by atoms with Crippen molar-refractivity contribution in [2.24, 2.45) is 7.05 Å². The lowest BCUT2D eigenvalue weighted by atomic mass is 10.2. The molecule has 1 aromatic heterocycles. The number of amides is 2. The van der Waals surface area contributed by atoms with Crippen LogP contribution in [0.4, 0.5) is 18.0 Å². The molecule has 1 aromatic rings. The number of aryl methyl sites for hydroxylation is 1. The first-order chi connectivity index (χ1) is 11.2. The van der Waals surface area contributed by atoms with E-state index in [1.807, 2.05) is 14.0 Å². The number of nitrogens with one attached hydrogen (secondary N) is 1. The molecule has 24 heavy (non-hydrogen) atoms. The summed E-state index contributed by atoms with van der Waals surface area (Å²) in [6.45, 7) is 4.06. The summed E-state index contributed by atoms with van der Waals surface area (Å²) in [5.74, 6) is 0. The van der Waals surface area contributed by atoms with E-state index in [0.29, 0.717) is 26.1 Å². The first-order valence-corrected chi connectivity index (χ1v) is 7.98. The van der Waals surface area contributed by atoms with Gasteiger partial charge in [0.25, 0.3) is 0 Å². The number of carbonyl (C=O) groups is 1. The normalized spacial score (nSPS) is 19.6. The van der Waals surface area contributed by atoms with E-state index in [4.69, 9.17) is 0 Å². The predicted octanol–water partition coefficient (Wildman–Crippen LogP) is 1.55. The molecule has 1 fully saturated rings. The lowest BCUT2D eigenvalue weighted by Gasteiger charge is -2.39. The lowest BCUT2D eigenvalue weighted by Crippen LogP contribution is -2.57. The fourth-order valence-corrected chi connectivity index (χ4v) is 2.85. The van der Waals surface area contributed by atoms with Gasteiger partial charge in [0.05, 0.1) is 12.7 Å². The highest BCUT2D eigenvalue weighted by atomic mass is 19.4. The monoisotopic (exact) mass is 347 g/mol. The lowest BCUT2D eigenvalue weighted by molar-refractivity contribution is -0.153. The zero-order valence-corrected chi connectivity index (χ0v) is 14.2. The summed E-state index contributed by atoms with van der Waals surface area (Å²) < 4.78 is 39.2. The van der Waals surface area contributed by atoms with Crippen LogP contribution in [0, 0.1) is 6.92 Å². The molecule has 0 bridgehead atoms. The molecule has 0 aromatic carbocycles. The van der Waals surface area contributed by atoms with Gasteiger partial charge in [-0.2, -0.15) is 18.3 Å². The first-order valence-electron chi connectivity index (χ1n) is 7.98. The van der Waals surface area contributed by atoms with E-state index in [2.05, 4.69) is 10.4 Å². The zero-order valence-electron chi connectivity index (χ0n) is 14.2. The maximum atomic E-state index is 12.5. The Kier molecular flexibility index (Phi) is 5.74. The van der Waals surface area contributed by atoms with Crippen LogP contribution in [0.1, 0.15) is 18.2 Å². The minimum absolute atomic E-state index is 0.227. The third-order valence-electron chi connectivity index (χ3n) is 4.44. The Bertz CT molecular complexity index is 572. The highest BCUT2D eigenvalue weighted by Crippen LogP contribution is 2.20. The molecule has 0 saturated carbocycles. The van der Waals surface area contributed by atoms with Gasteiger partial charge in [0, 0.05) is 45.0 Å². The molecule has 2 amide bonds. The molecule has 6 nitrogen and oxygen atoms in total. The average molecular weight is 347 g/mol. The largest absolute Gasteiger partial charge is 0.401 e. The fourth-order valence-electron chi connectivity index (χ4n) is 2.85. The Hall–Kier alpha value is -1.77. The second-order valence-corrected chi connectivity index (χ2v) is 6.24. The minimum Gasteiger partial charge on any atom is -0.338 e. The van der Waals surface area contributed by atoms with E-state index in [-0.39, 0.29) is 18.6 Å². The van der Waals surface area contributed by atoms with Gasteiger partial charge in [0.2, 0.25) is 0 Å². The number of alkyl halides is 3. The van der Waals surface area contributed by atoms with Gasteiger partial charge in [0.1, 0.15) is 0 Å².